The van der Waals surface area contributed by atoms with Gasteiger partial charge in [0.25, 0.3) is 0 Å². The van der Waals surface area contributed by atoms with Crippen molar-refractivity contribution in [3.8, 4) is 22.4 Å². The lowest BCUT2D eigenvalue weighted by atomic mass is 9.90. The SMILES string of the molecule is CC(C)c1cc(-c2nccc3c2ccc2c4ccc(-c5cnc(C(C)C)nc5)cc4ccc32)cc(C(C)C)c1. The first kappa shape index (κ1) is 25.2. The van der Waals surface area contributed by atoms with Crippen molar-refractivity contribution in [3.05, 3.63) is 102 Å². The summed E-state index contributed by atoms with van der Waals surface area (Å²) in [5.74, 6) is 2.13. The average molecular weight is 510 g/mol. The van der Waals surface area contributed by atoms with E-state index in [1.807, 2.05) is 18.6 Å². The summed E-state index contributed by atoms with van der Waals surface area (Å²) in [6, 6.07) is 24.8. The number of nitrogens with zero attached hydrogens (tertiary/aromatic N) is 3. The Morgan fingerprint density at radius 2 is 1.05 bits per heavy atom. The van der Waals surface area contributed by atoms with Gasteiger partial charge in [0.2, 0.25) is 0 Å². The number of benzene rings is 4. The van der Waals surface area contributed by atoms with E-state index in [4.69, 9.17) is 4.98 Å². The molecule has 0 saturated carbocycles. The molecule has 0 spiro atoms. The Balaban J connectivity index is 1.49. The molecular weight excluding hydrogens is 474 g/mol. The number of rotatable bonds is 5. The molecule has 0 unspecified atom stereocenters. The molecular formula is C36H35N3. The van der Waals surface area contributed by atoms with Crippen LogP contribution in [0.5, 0.6) is 0 Å². The smallest absolute Gasteiger partial charge is 0.130 e. The molecule has 4 aromatic carbocycles. The zero-order valence-electron chi connectivity index (χ0n) is 23.7. The zero-order valence-corrected chi connectivity index (χ0v) is 23.7. The predicted molar refractivity (Wildman–Crippen MR) is 165 cm³/mol. The third-order valence-electron chi connectivity index (χ3n) is 7.86. The maximum Gasteiger partial charge on any atom is 0.130 e. The topological polar surface area (TPSA) is 38.7 Å². The van der Waals surface area contributed by atoms with Crippen molar-refractivity contribution in [1.82, 2.24) is 15.0 Å². The van der Waals surface area contributed by atoms with Crippen molar-refractivity contribution in [2.75, 3.05) is 0 Å². The Morgan fingerprint density at radius 1 is 0.462 bits per heavy atom. The van der Waals surface area contributed by atoms with E-state index in [-0.39, 0.29) is 0 Å². The quantitative estimate of drug-likeness (QED) is 0.217. The lowest BCUT2D eigenvalue weighted by Gasteiger charge is -2.16. The molecule has 6 aromatic rings. The van der Waals surface area contributed by atoms with E-state index < -0.39 is 0 Å². The average Bonchev–Trinajstić information content (AvgIpc) is 2.95. The first-order chi connectivity index (χ1) is 18.8. The van der Waals surface area contributed by atoms with Gasteiger partial charge in [0, 0.05) is 41.0 Å². The van der Waals surface area contributed by atoms with Crippen LogP contribution in [-0.4, -0.2) is 15.0 Å². The van der Waals surface area contributed by atoms with Gasteiger partial charge in [0.05, 0.1) is 5.69 Å². The maximum absolute atomic E-state index is 4.90. The lowest BCUT2D eigenvalue weighted by Crippen LogP contribution is -1.96. The van der Waals surface area contributed by atoms with E-state index in [2.05, 4.69) is 118 Å². The van der Waals surface area contributed by atoms with E-state index >= 15 is 0 Å². The van der Waals surface area contributed by atoms with Crippen molar-refractivity contribution < 1.29 is 0 Å². The Morgan fingerprint density at radius 3 is 1.72 bits per heavy atom. The molecule has 0 aliphatic rings. The van der Waals surface area contributed by atoms with Gasteiger partial charge in [-0.25, -0.2) is 9.97 Å². The Kier molecular flexibility index (Phi) is 6.38. The summed E-state index contributed by atoms with van der Waals surface area (Å²) in [5, 5.41) is 7.41. The highest BCUT2D eigenvalue weighted by Gasteiger charge is 2.14. The summed E-state index contributed by atoms with van der Waals surface area (Å²) < 4.78 is 0. The van der Waals surface area contributed by atoms with Crippen molar-refractivity contribution in [1.29, 1.82) is 0 Å². The van der Waals surface area contributed by atoms with Crippen LogP contribution in [0.25, 0.3) is 54.7 Å². The lowest BCUT2D eigenvalue weighted by molar-refractivity contribution is 0.775. The molecule has 0 amide bonds. The van der Waals surface area contributed by atoms with E-state index in [9.17, 15) is 0 Å². The largest absolute Gasteiger partial charge is 0.256 e. The standard InChI is InChI=1S/C36H35N3/c1-21(2)26-16-27(22(3)4)18-28(17-26)35-34-12-11-31-30-9-7-24(29-19-38-36(23(5)6)39-20-29)15-25(30)8-10-32(31)33(34)13-14-37-35/h7-23H,1-6H3. The van der Waals surface area contributed by atoms with Gasteiger partial charge in [-0.05, 0) is 79.7 Å². The minimum Gasteiger partial charge on any atom is -0.256 e. The molecule has 0 N–H and O–H groups in total. The third-order valence-corrected chi connectivity index (χ3v) is 7.86. The van der Waals surface area contributed by atoms with Gasteiger partial charge in [0.15, 0.2) is 0 Å². The van der Waals surface area contributed by atoms with Crippen LogP contribution >= 0.6 is 0 Å². The zero-order chi connectivity index (χ0) is 27.3. The van der Waals surface area contributed by atoms with Crippen LogP contribution in [0.2, 0.25) is 0 Å². The predicted octanol–water partition coefficient (Wildman–Crippen LogP) is 10.0. The summed E-state index contributed by atoms with van der Waals surface area (Å²) in [6.07, 6.45) is 5.83. The van der Waals surface area contributed by atoms with Gasteiger partial charge in [-0.1, -0.05) is 84.0 Å². The highest BCUT2D eigenvalue weighted by Crippen LogP contribution is 2.37. The molecule has 39 heavy (non-hydrogen) atoms. The van der Waals surface area contributed by atoms with E-state index in [1.165, 1.54) is 49.0 Å². The monoisotopic (exact) mass is 509 g/mol. The van der Waals surface area contributed by atoms with Gasteiger partial charge in [0.1, 0.15) is 5.82 Å². The molecule has 0 aliphatic heterocycles. The van der Waals surface area contributed by atoms with E-state index in [1.54, 1.807) is 0 Å². The van der Waals surface area contributed by atoms with Crippen molar-refractivity contribution in [2.24, 2.45) is 0 Å². The normalized spacial score (nSPS) is 12.0. The van der Waals surface area contributed by atoms with Crippen LogP contribution in [0, 0.1) is 0 Å². The molecule has 2 heterocycles. The number of pyridine rings is 1. The van der Waals surface area contributed by atoms with Crippen LogP contribution in [-0.2, 0) is 0 Å². The fourth-order valence-corrected chi connectivity index (χ4v) is 5.49. The molecule has 6 rings (SSSR count). The molecule has 0 radical (unpaired) electrons. The Bertz CT molecular complexity index is 1800. The highest BCUT2D eigenvalue weighted by molar-refractivity contribution is 6.19. The maximum atomic E-state index is 4.90. The molecule has 3 heteroatoms. The van der Waals surface area contributed by atoms with Crippen LogP contribution in [0.3, 0.4) is 0 Å². The summed E-state index contributed by atoms with van der Waals surface area (Å²) in [6.45, 7) is 13.3. The molecule has 0 aliphatic carbocycles. The van der Waals surface area contributed by atoms with Crippen molar-refractivity contribution >= 4 is 32.3 Å². The molecule has 0 fully saturated rings. The third kappa shape index (κ3) is 4.57. The summed E-state index contributed by atoms with van der Waals surface area (Å²) in [4.78, 5) is 14.0. The van der Waals surface area contributed by atoms with Gasteiger partial charge >= 0.3 is 0 Å². The summed E-state index contributed by atoms with van der Waals surface area (Å²) in [7, 11) is 0. The van der Waals surface area contributed by atoms with E-state index in [0.717, 1.165) is 22.6 Å². The second-order valence-electron chi connectivity index (χ2n) is 11.6. The van der Waals surface area contributed by atoms with Gasteiger partial charge in [-0.15, -0.1) is 0 Å². The highest BCUT2D eigenvalue weighted by atomic mass is 14.9. The van der Waals surface area contributed by atoms with Crippen LogP contribution < -0.4 is 0 Å². The van der Waals surface area contributed by atoms with Crippen LogP contribution in [0.1, 0.15) is 76.2 Å². The van der Waals surface area contributed by atoms with Crippen LogP contribution in [0.4, 0.5) is 0 Å². The molecule has 194 valence electrons. The second-order valence-corrected chi connectivity index (χ2v) is 11.6. The summed E-state index contributed by atoms with van der Waals surface area (Å²) >= 11 is 0. The second kappa shape index (κ2) is 9.89. The molecule has 0 bridgehead atoms. The summed E-state index contributed by atoms with van der Waals surface area (Å²) in [5.41, 5.74) is 7.16. The first-order valence-corrected chi connectivity index (χ1v) is 14.0. The molecule has 0 saturated heterocycles. The van der Waals surface area contributed by atoms with Crippen molar-refractivity contribution in [3.63, 3.8) is 0 Å². The van der Waals surface area contributed by atoms with E-state index in [0.29, 0.717) is 17.8 Å². The van der Waals surface area contributed by atoms with Gasteiger partial charge in [-0.3, -0.25) is 4.98 Å². The molecule has 2 aromatic heterocycles. The Hall–Kier alpha value is -4.11. The van der Waals surface area contributed by atoms with Crippen molar-refractivity contribution in [2.45, 2.75) is 59.3 Å². The molecule has 3 nitrogen and oxygen atoms in total. The van der Waals surface area contributed by atoms with Gasteiger partial charge < -0.3 is 0 Å². The van der Waals surface area contributed by atoms with Gasteiger partial charge in [-0.2, -0.15) is 0 Å². The Labute approximate surface area is 231 Å². The minimum absolute atomic E-state index is 0.323. The molecule has 0 atom stereocenters. The number of hydrogen-bond acceptors (Lipinski definition) is 3. The fourth-order valence-electron chi connectivity index (χ4n) is 5.49. The number of fused-ring (bicyclic) bond motifs is 5. The minimum atomic E-state index is 0.323. The number of hydrogen-bond donors (Lipinski definition) is 0. The fraction of sp³-hybridized carbons (Fsp3) is 0.250. The first-order valence-electron chi connectivity index (χ1n) is 14.0. The van der Waals surface area contributed by atoms with Crippen LogP contribution in [0.15, 0.2) is 85.3 Å². The number of aromatic nitrogens is 3.